The fourth-order valence-electron chi connectivity index (χ4n) is 0.982. The Morgan fingerprint density at radius 2 is 2.07 bits per heavy atom. The van der Waals surface area contributed by atoms with Crippen molar-refractivity contribution in [2.24, 2.45) is 0 Å². The molecule has 0 rings (SSSR count). The normalized spacial score (nSPS) is 12.6. The lowest BCUT2D eigenvalue weighted by Gasteiger charge is -2.02. The Labute approximate surface area is 87.5 Å². The van der Waals surface area contributed by atoms with E-state index < -0.39 is 16.8 Å². The lowest BCUT2D eigenvalue weighted by atomic mass is 10.2. The Morgan fingerprint density at radius 1 is 1.36 bits per heavy atom. The summed E-state index contributed by atoms with van der Waals surface area (Å²) in [4.78, 5) is 10.2. The molecule has 0 aliphatic carbocycles. The average Bonchev–Trinajstić information content (AvgIpc) is 2.15. The molecule has 0 radical (unpaired) electrons. The van der Waals surface area contributed by atoms with E-state index in [1.165, 1.54) is 0 Å². The molecule has 0 bridgehead atoms. The molecule has 0 heterocycles. The molecule has 0 fully saturated rings. The molecule has 2 N–H and O–H groups in total. The molecule has 14 heavy (non-hydrogen) atoms. The third-order valence-electron chi connectivity index (χ3n) is 1.82. The standard InChI is InChI=1S/C9H19NO3S/c1-2-14(13)8-7-10-6-4-3-5-9(11)12/h10H,2-8H2,1H3,(H,11,12). The van der Waals surface area contributed by atoms with Crippen LogP contribution in [0.5, 0.6) is 0 Å². The van der Waals surface area contributed by atoms with E-state index >= 15 is 0 Å². The molecule has 4 nitrogen and oxygen atoms in total. The van der Waals surface area contributed by atoms with Gasteiger partial charge in [-0.05, 0) is 19.4 Å². The smallest absolute Gasteiger partial charge is 0.303 e. The van der Waals surface area contributed by atoms with Crippen LogP contribution >= 0.6 is 0 Å². The van der Waals surface area contributed by atoms with Crippen molar-refractivity contribution in [3.05, 3.63) is 0 Å². The molecule has 0 aromatic rings. The lowest BCUT2D eigenvalue weighted by molar-refractivity contribution is -0.137. The molecule has 5 heteroatoms. The summed E-state index contributed by atoms with van der Waals surface area (Å²) in [6, 6.07) is 0. The van der Waals surface area contributed by atoms with Crippen LogP contribution in [0.4, 0.5) is 0 Å². The fourth-order valence-corrected chi connectivity index (χ4v) is 1.64. The van der Waals surface area contributed by atoms with Gasteiger partial charge in [-0.3, -0.25) is 9.00 Å². The van der Waals surface area contributed by atoms with Gasteiger partial charge in [-0.25, -0.2) is 0 Å². The van der Waals surface area contributed by atoms with E-state index in [9.17, 15) is 9.00 Å². The lowest BCUT2D eigenvalue weighted by Crippen LogP contribution is -2.22. The summed E-state index contributed by atoms with van der Waals surface area (Å²) in [7, 11) is -0.698. The predicted octanol–water partition coefficient (Wildman–Crippen LogP) is 0.599. The third kappa shape index (κ3) is 9.67. The summed E-state index contributed by atoms with van der Waals surface area (Å²) in [5.74, 6) is 0.660. The van der Waals surface area contributed by atoms with Crippen LogP contribution in [0, 0.1) is 0 Å². The maximum absolute atomic E-state index is 11.0. The number of carboxylic acids is 1. The molecular weight excluding hydrogens is 202 g/mol. The van der Waals surface area contributed by atoms with Gasteiger partial charge >= 0.3 is 5.97 Å². The molecule has 0 aliphatic heterocycles. The summed E-state index contributed by atoms with van der Waals surface area (Å²) < 4.78 is 11.0. The molecular formula is C9H19NO3S. The van der Waals surface area contributed by atoms with E-state index in [-0.39, 0.29) is 6.42 Å². The second kappa shape index (κ2) is 9.15. The second-order valence-electron chi connectivity index (χ2n) is 3.03. The van der Waals surface area contributed by atoms with Crippen molar-refractivity contribution in [3.63, 3.8) is 0 Å². The van der Waals surface area contributed by atoms with Gasteiger partial charge in [0, 0.05) is 35.3 Å². The van der Waals surface area contributed by atoms with Crippen LogP contribution in [0.25, 0.3) is 0 Å². The molecule has 0 spiro atoms. The zero-order valence-electron chi connectivity index (χ0n) is 8.62. The monoisotopic (exact) mass is 221 g/mol. The van der Waals surface area contributed by atoms with Crippen molar-refractivity contribution < 1.29 is 14.1 Å². The van der Waals surface area contributed by atoms with Gasteiger partial charge in [0.2, 0.25) is 0 Å². The highest BCUT2D eigenvalue weighted by molar-refractivity contribution is 7.84. The van der Waals surface area contributed by atoms with Crippen LogP contribution in [-0.4, -0.2) is 39.9 Å². The number of nitrogens with one attached hydrogen (secondary N) is 1. The van der Waals surface area contributed by atoms with E-state index in [4.69, 9.17) is 5.11 Å². The maximum Gasteiger partial charge on any atom is 0.303 e. The van der Waals surface area contributed by atoms with Crippen LogP contribution in [0.1, 0.15) is 26.2 Å². The molecule has 0 saturated heterocycles. The Kier molecular flexibility index (Phi) is 8.87. The Bertz CT molecular complexity index is 185. The average molecular weight is 221 g/mol. The van der Waals surface area contributed by atoms with Gasteiger partial charge < -0.3 is 10.4 Å². The first-order valence-corrected chi connectivity index (χ1v) is 6.43. The topological polar surface area (TPSA) is 66.4 Å². The van der Waals surface area contributed by atoms with E-state index in [2.05, 4.69) is 5.32 Å². The van der Waals surface area contributed by atoms with Crippen LogP contribution in [0.15, 0.2) is 0 Å². The van der Waals surface area contributed by atoms with Crippen LogP contribution < -0.4 is 5.32 Å². The summed E-state index contributed by atoms with van der Waals surface area (Å²) in [5, 5.41) is 11.5. The van der Waals surface area contributed by atoms with Crippen LogP contribution in [0.2, 0.25) is 0 Å². The Balaban J connectivity index is 3.06. The number of rotatable bonds is 9. The van der Waals surface area contributed by atoms with Crippen LogP contribution in [0.3, 0.4) is 0 Å². The Morgan fingerprint density at radius 3 is 2.64 bits per heavy atom. The fraction of sp³-hybridized carbons (Fsp3) is 0.889. The van der Waals surface area contributed by atoms with E-state index in [1.807, 2.05) is 6.92 Å². The predicted molar refractivity (Wildman–Crippen MR) is 57.9 cm³/mol. The first-order valence-electron chi connectivity index (χ1n) is 4.94. The number of hydrogen-bond acceptors (Lipinski definition) is 3. The largest absolute Gasteiger partial charge is 0.481 e. The number of carbonyl (C=O) groups is 1. The minimum Gasteiger partial charge on any atom is -0.481 e. The highest BCUT2D eigenvalue weighted by atomic mass is 32.2. The summed E-state index contributed by atoms with van der Waals surface area (Å²) >= 11 is 0. The molecule has 0 amide bonds. The quantitative estimate of drug-likeness (QED) is 0.560. The molecule has 1 unspecified atom stereocenters. The van der Waals surface area contributed by atoms with Crippen molar-refractivity contribution in [3.8, 4) is 0 Å². The number of carboxylic acid groups (broad SMARTS) is 1. The van der Waals surface area contributed by atoms with Gasteiger partial charge in [0.25, 0.3) is 0 Å². The van der Waals surface area contributed by atoms with E-state index in [0.717, 1.165) is 19.5 Å². The van der Waals surface area contributed by atoms with Crippen molar-refractivity contribution >= 4 is 16.8 Å². The third-order valence-corrected chi connectivity index (χ3v) is 3.13. The van der Waals surface area contributed by atoms with Crippen molar-refractivity contribution in [2.45, 2.75) is 26.2 Å². The van der Waals surface area contributed by atoms with Gasteiger partial charge in [-0.2, -0.15) is 0 Å². The number of aliphatic carboxylic acids is 1. The summed E-state index contributed by atoms with van der Waals surface area (Å²) in [5.41, 5.74) is 0. The van der Waals surface area contributed by atoms with Gasteiger partial charge in [0.15, 0.2) is 0 Å². The molecule has 1 atom stereocenters. The zero-order chi connectivity index (χ0) is 10.8. The van der Waals surface area contributed by atoms with Gasteiger partial charge in [-0.1, -0.05) is 6.92 Å². The molecule has 84 valence electrons. The highest BCUT2D eigenvalue weighted by Gasteiger charge is 1.97. The Hall–Kier alpha value is -0.420. The van der Waals surface area contributed by atoms with E-state index in [1.54, 1.807) is 0 Å². The summed E-state index contributed by atoms with van der Waals surface area (Å²) in [6.07, 6.45) is 1.81. The second-order valence-corrected chi connectivity index (χ2v) is 4.90. The molecule has 0 aromatic carbocycles. The number of unbranched alkanes of at least 4 members (excludes halogenated alkanes) is 1. The van der Waals surface area contributed by atoms with E-state index in [0.29, 0.717) is 17.9 Å². The first-order chi connectivity index (χ1) is 6.66. The van der Waals surface area contributed by atoms with Crippen molar-refractivity contribution in [1.82, 2.24) is 5.32 Å². The molecule has 0 aliphatic rings. The van der Waals surface area contributed by atoms with Gasteiger partial charge in [0.1, 0.15) is 0 Å². The van der Waals surface area contributed by atoms with Crippen molar-refractivity contribution in [2.75, 3.05) is 24.6 Å². The minimum absolute atomic E-state index is 0.239. The summed E-state index contributed by atoms with van der Waals surface area (Å²) in [6.45, 7) is 3.48. The molecule has 0 saturated carbocycles. The van der Waals surface area contributed by atoms with Gasteiger partial charge in [0.05, 0.1) is 0 Å². The minimum atomic E-state index is -0.739. The zero-order valence-corrected chi connectivity index (χ0v) is 9.44. The molecule has 0 aromatic heterocycles. The SMILES string of the molecule is CCS(=O)CCNCCCCC(=O)O. The number of hydrogen-bond donors (Lipinski definition) is 2. The highest BCUT2D eigenvalue weighted by Crippen LogP contribution is 1.93. The maximum atomic E-state index is 11.0. The first kappa shape index (κ1) is 13.6. The van der Waals surface area contributed by atoms with Gasteiger partial charge in [-0.15, -0.1) is 0 Å². The van der Waals surface area contributed by atoms with Crippen LogP contribution in [-0.2, 0) is 15.6 Å². The van der Waals surface area contributed by atoms with Crippen molar-refractivity contribution in [1.29, 1.82) is 0 Å².